The lowest BCUT2D eigenvalue weighted by atomic mass is 10.1. The van der Waals surface area contributed by atoms with E-state index in [1.54, 1.807) is 37.9 Å². The molecule has 0 saturated carbocycles. The van der Waals surface area contributed by atoms with E-state index >= 15 is 0 Å². The Bertz CT molecular complexity index is 1140. The van der Waals surface area contributed by atoms with Crippen LogP contribution in [0.5, 0.6) is 11.5 Å². The second-order valence-electron chi connectivity index (χ2n) is 7.60. The number of fused-ring (bicyclic) bond motifs is 1. The number of aromatic nitrogens is 2. The molecule has 0 bridgehead atoms. The minimum atomic E-state index is -0.379. The molecule has 10 heteroatoms. The first kappa shape index (κ1) is 24.7. The van der Waals surface area contributed by atoms with Gasteiger partial charge in [0.2, 0.25) is 5.91 Å². The van der Waals surface area contributed by atoms with Gasteiger partial charge < -0.3 is 20.1 Å². The zero-order valence-corrected chi connectivity index (χ0v) is 19.3. The maximum atomic E-state index is 12.5. The van der Waals surface area contributed by atoms with E-state index in [-0.39, 0.29) is 11.8 Å². The summed E-state index contributed by atoms with van der Waals surface area (Å²) in [7, 11) is 3.16. The Morgan fingerprint density at radius 3 is 2.50 bits per heavy atom. The third-order valence-electron chi connectivity index (χ3n) is 5.29. The number of carbonyl (C=O) groups is 2. The first-order chi connectivity index (χ1) is 16.5. The van der Waals surface area contributed by atoms with E-state index in [1.807, 2.05) is 18.2 Å². The average Bonchev–Trinajstić information content (AvgIpc) is 2.87. The first-order valence-electron chi connectivity index (χ1n) is 11.0. The largest absolute Gasteiger partial charge is 0.493 e. The van der Waals surface area contributed by atoms with Gasteiger partial charge in [-0.2, -0.15) is 0 Å². The summed E-state index contributed by atoms with van der Waals surface area (Å²) in [5.74, 6) is 1.29. The van der Waals surface area contributed by atoms with Crippen LogP contribution in [0.4, 0.5) is 11.5 Å². The van der Waals surface area contributed by atoms with Gasteiger partial charge in [0, 0.05) is 35.7 Å². The van der Waals surface area contributed by atoms with Gasteiger partial charge in [-0.3, -0.25) is 14.8 Å². The number of ether oxygens (including phenoxy) is 2. The Morgan fingerprint density at radius 2 is 1.74 bits per heavy atom. The van der Waals surface area contributed by atoms with Crippen LogP contribution in [-0.2, 0) is 4.79 Å². The predicted molar refractivity (Wildman–Crippen MR) is 128 cm³/mol. The van der Waals surface area contributed by atoms with Gasteiger partial charge in [0.25, 0.3) is 5.91 Å². The zero-order chi connectivity index (χ0) is 24.3. The Kier molecular flexibility index (Phi) is 8.98. The molecule has 0 radical (unpaired) electrons. The second kappa shape index (κ2) is 12.4. The average molecular weight is 468 g/mol. The lowest BCUT2D eigenvalue weighted by molar-refractivity contribution is -0.129. The highest BCUT2D eigenvalue weighted by Crippen LogP contribution is 2.32. The highest BCUT2D eigenvalue weighted by molar-refractivity contribution is 6.00. The highest BCUT2D eigenvalue weighted by atomic mass is 16.5. The molecule has 34 heavy (non-hydrogen) atoms. The molecule has 0 unspecified atom stereocenters. The van der Waals surface area contributed by atoms with Crippen LogP contribution in [0.25, 0.3) is 10.9 Å². The number of hydroxylamine groups is 1. The summed E-state index contributed by atoms with van der Waals surface area (Å²) in [6.07, 6.45) is 4.99. The number of hydrogen-bond donors (Lipinski definition) is 4. The van der Waals surface area contributed by atoms with Crippen molar-refractivity contribution in [1.82, 2.24) is 20.8 Å². The molecule has 0 aliphatic carbocycles. The monoisotopic (exact) mass is 467 g/mol. The quantitative estimate of drug-likeness (QED) is 0.180. The standard InChI is InChI=1S/C24H29N5O5/c1-33-20-11-9-17(14-21(20)34-2)28-23-18-10-8-16(13-19(18)26-15-27-23)24(31)25-12-6-4-3-5-7-22(30)29-32/h8-11,13-15,32H,3-7,12H2,1-2H3,(H,25,31)(H,29,30)(H,26,27,28). The van der Waals surface area contributed by atoms with Crippen molar-refractivity contribution in [3.05, 3.63) is 48.3 Å². The number of benzene rings is 2. The predicted octanol–water partition coefficient (Wildman–Crippen LogP) is 3.58. The van der Waals surface area contributed by atoms with Crippen molar-refractivity contribution < 1.29 is 24.3 Å². The fourth-order valence-electron chi connectivity index (χ4n) is 3.47. The van der Waals surface area contributed by atoms with Gasteiger partial charge >= 0.3 is 0 Å². The number of anilines is 2. The highest BCUT2D eigenvalue weighted by Gasteiger charge is 2.11. The van der Waals surface area contributed by atoms with Crippen LogP contribution in [0.2, 0.25) is 0 Å². The van der Waals surface area contributed by atoms with Crippen molar-refractivity contribution in [2.24, 2.45) is 0 Å². The lowest BCUT2D eigenvalue weighted by Gasteiger charge is -2.12. The molecule has 3 aromatic rings. The van der Waals surface area contributed by atoms with E-state index < -0.39 is 0 Å². The molecule has 0 aliphatic heterocycles. The number of hydrogen-bond acceptors (Lipinski definition) is 8. The Labute approximate surface area is 197 Å². The summed E-state index contributed by atoms with van der Waals surface area (Å²) in [6.45, 7) is 0.541. The molecule has 0 spiro atoms. The fraction of sp³-hybridized carbons (Fsp3) is 0.333. The number of nitrogens with zero attached hydrogens (tertiary/aromatic N) is 2. The van der Waals surface area contributed by atoms with Crippen molar-refractivity contribution in [2.75, 3.05) is 26.1 Å². The van der Waals surface area contributed by atoms with Gasteiger partial charge in [-0.25, -0.2) is 15.4 Å². The summed E-state index contributed by atoms with van der Waals surface area (Å²) in [4.78, 5) is 32.2. The molecule has 0 fully saturated rings. The maximum Gasteiger partial charge on any atom is 0.251 e. The minimum absolute atomic E-state index is 0.172. The molecule has 1 aromatic heterocycles. The van der Waals surface area contributed by atoms with Gasteiger partial charge in [-0.1, -0.05) is 12.8 Å². The fourth-order valence-corrected chi connectivity index (χ4v) is 3.47. The maximum absolute atomic E-state index is 12.5. The van der Waals surface area contributed by atoms with Gasteiger partial charge in [-0.05, 0) is 43.2 Å². The molecule has 3 rings (SSSR count). The van der Waals surface area contributed by atoms with Gasteiger partial charge in [-0.15, -0.1) is 0 Å². The van der Waals surface area contributed by atoms with Crippen molar-refractivity contribution in [3.8, 4) is 11.5 Å². The normalized spacial score (nSPS) is 10.6. The van der Waals surface area contributed by atoms with Gasteiger partial charge in [0.15, 0.2) is 11.5 Å². The second-order valence-corrected chi connectivity index (χ2v) is 7.60. The van der Waals surface area contributed by atoms with Crippen LogP contribution in [0.3, 0.4) is 0 Å². The SMILES string of the molecule is COc1ccc(Nc2ncnc3cc(C(=O)NCCCCCCC(=O)NO)ccc23)cc1OC. The van der Waals surface area contributed by atoms with Crippen LogP contribution >= 0.6 is 0 Å². The summed E-state index contributed by atoms with van der Waals surface area (Å²) >= 11 is 0. The third-order valence-corrected chi connectivity index (χ3v) is 5.29. The molecule has 4 N–H and O–H groups in total. The number of unbranched alkanes of at least 4 members (excludes halogenated alkanes) is 3. The van der Waals surface area contributed by atoms with Gasteiger partial charge in [0.1, 0.15) is 12.1 Å². The summed E-state index contributed by atoms with van der Waals surface area (Å²) in [6, 6.07) is 10.8. The molecule has 2 aromatic carbocycles. The third kappa shape index (κ3) is 6.55. The number of carbonyl (C=O) groups excluding carboxylic acids is 2. The van der Waals surface area contributed by atoms with E-state index in [1.165, 1.54) is 6.33 Å². The van der Waals surface area contributed by atoms with E-state index in [0.29, 0.717) is 47.8 Å². The van der Waals surface area contributed by atoms with Crippen LogP contribution in [-0.4, -0.2) is 47.8 Å². The number of rotatable bonds is 12. The number of amides is 2. The molecule has 1 heterocycles. The van der Waals surface area contributed by atoms with Crippen molar-refractivity contribution in [2.45, 2.75) is 32.1 Å². The molecule has 10 nitrogen and oxygen atoms in total. The lowest BCUT2D eigenvalue weighted by Crippen LogP contribution is -2.24. The first-order valence-corrected chi connectivity index (χ1v) is 11.0. The van der Waals surface area contributed by atoms with E-state index in [0.717, 1.165) is 30.3 Å². The number of nitrogens with one attached hydrogen (secondary N) is 3. The molecular formula is C24H29N5O5. The zero-order valence-electron chi connectivity index (χ0n) is 19.3. The molecule has 0 aliphatic rings. The summed E-state index contributed by atoms with van der Waals surface area (Å²) < 4.78 is 10.6. The minimum Gasteiger partial charge on any atom is -0.493 e. The topological polar surface area (TPSA) is 135 Å². The van der Waals surface area contributed by atoms with Crippen molar-refractivity contribution in [1.29, 1.82) is 0 Å². The molecule has 2 amide bonds. The molecule has 0 atom stereocenters. The molecule has 0 saturated heterocycles. The number of methoxy groups -OCH3 is 2. The van der Waals surface area contributed by atoms with Crippen LogP contribution in [0.1, 0.15) is 42.5 Å². The van der Waals surface area contributed by atoms with Crippen LogP contribution in [0.15, 0.2) is 42.7 Å². The Morgan fingerprint density at radius 1 is 0.941 bits per heavy atom. The summed E-state index contributed by atoms with van der Waals surface area (Å²) in [5, 5.41) is 15.4. The van der Waals surface area contributed by atoms with Crippen molar-refractivity contribution in [3.63, 3.8) is 0 Å². The van der Waals surface area contributed by atoms with Gasteiger partial charge in [0.05, 0.1) is 19.7 Å². The molecule has 180 valence electrons. The van der Waals surface area contributed by atoms with Crippen molar-refractivity contribution >= 4 is 34.2 Å². The Hall–Kier alpha value is -3.92. The van der Waals surface area contributed by atoms with Crippen LogP contribution < -0.4 is 25.6 Å². The Balaban J connectivity index is 1.59. The summed E-state index contributed by atoms with van der Waals surface area (Å²) in [5.41, 5.74) is 3.56. The van der Waals surface area contributed by atoms with E-state index in [9.17, 15) is 9.59 Å². The smallest absolute Gasteiger partial charge is 0.251 e. The van der Waals surface area contributed by atoms with E-state index in [4.69, 9.17) is 14.7 Å². The van der Waals surface area contributed by atoms with E-state index in [2.05, 4.69) is 20.6 Å². The molecular weight excluding hydrogens is 438 g/mol. The van der Waals surface area contributed by atoms with Crippen LogP contribution in [0, 0.1) is 0 Å².